The van der Waals surface area contributed by atoms with E-state index in [0.29, 0.717) is 0 Å². The minimum Gasteiger partial charge on any atom is -0.448 e. The van der Waals surface area contributed by atoms with Gasteiger partial charge in [0.15, 0.2) is 0 Å². The number of hydrogen-bond acceptors (Lipinski definition) is 4. The van der Waals surface area contributed by atoms with Crippen molar-refractivity contribution in [1.29, 1.82) is 5.41 Å². The Bertz CT molecular complexity index is 312. The normalized spacial score (nSPS) is 35.4. The third-order valence-corrected chi connectivity index (χ3v) is 4.17. The predicted octanol–water partition coefficient (Wildman–Crippen LogP) is 2.98. The molecule has 0 aliphatic carbocycles. The average molecular weight is 546 g/mol. The third-order valence-electron chi connectivity index (χ3n) is 3.65. The van der Waals surface area contributed by atoms with Crippen LogP contribution in [0.5, 0.6) is 0 Å². The first-order valence-electron chi connectivity index (χ1n) is 5.77. The maximum Gasteiger partial charge on any atom is 0.265 e. The van der Waals surface area contributed by atoms with E-state index in [1.165, 1.54) is 0 Å². The van der Waals surface area contributed by atoms with Gasteiger partial charge >= 0.3 is 0 Å². The van der Waals surface area contributed by atoms with E-state index >= 15 is 0 Å². The number of hydrogen-bond donors (Lipinski definition) is 2. The monoisotopic (exact) mass is 544 g/mol. The van der Waals surface area contributed by atoms with Crippen molar-refractivity contribution in [2.24, 2.45) is 17.8 Å². The van der Waals surface area contributed by atoms with Gasteiger partial charge < -0.3 is 14.6 Å². The molecule has 2 N–H and O–H groups in total. The summed E-state index contributed by atoms with van der Waals surface area (Å²) in [4.78, 5) is 0. The van der Waals surface area contributed by atoms with Crippen LogP contribution in [-0.4, -0.2) is 33.8 Å². The second kappa shape index (κ2) is 8.36. The molecule has 5 atom stereocenters. The summed E-state index contributed by atoms with van der Waals surface area (Å²) in [6.45, 7) is 5.92. The standard InChI is InChI=1S/C11H18Cl3NO3.Ac/c1-5-6(2)8(4-16)17-9(7(5)3)18-10(15)11(12,13)14;/h5-9,15-16H,4H2,1-3H3;/t5?,6-,7?,8?,9+;/m0./s1. The molecule has 1 saturated heterocycles. The van der Waals surface area contributed by atoms with Crippen LogP contribution in [-0.2, 0) is 9.47 Å². The van der Waals surface area contributed by atoms with Crippen molar-refractivity contribution < 1.29 is 58.6 Å². The smallest absolute Gasteiger partial charge is 0.265 e. The molecule has 1 fully saturated rings. The van der Waals surface area contributed by atoms with Crippen molar-refractivity contribution in [3.05, 3.63) is 0 Å². The summed E-state index contributed by atoms with van der Waals surface area (Å²) >= 11 is 16.7. The minimum atomic E-state index is -1.90. The van der Waals surface area contributed by atoms with Crippen LogP contribution in [0.15, 0.2) is 0 Å². The zero-order valence-corrected chi connectivity index (χ0v) is 18.1. The molecule has 0 amide bonds. The second-order valence-electron chi connectivity index (χ2n) is 4.75. The van der Waals surface area contributed by atoms with Crippen LogP contribution in [0.4, 0.5) is 0 Å². The van der Waals surface area contributed by atoms with E-state index in [1.54, 1.807) is 0 Å². The van der Waals surface area contributed by atoms with Crippen LogP contribution in [0.1, 0.15) is 20.8 Å². The summed E-state index contributed by atoms with van der Waals surface area (Å²) in [7, 11) is 0. The Balaban J connectivity index is 0.00000324. The molecule has 1 radical (unpaired) electrons. The van der Waals surface area contributed by atoms with E-state index in [-0.39, 0.29) is 74.5 Å². The Morgan fingerprint density at radius 1 is 1.21 bits per heavy atom. The first kappa shape index (κ1) is 20.7. The molecule has 0 saturated carbocycles. The van der Waals surface area contributed by atoms with Crippen LogP contribution in [0, 0.1) is 67.2 Å². The van der Waals surface area contributed by atoms with E-state index in [1.807, 2.05) is 13.8 Å². The molecule has 109 valence electrons. The second-order valence-corrected chi connectivity index (χ2v) is 7.03. The molecule has 1 aliphatic rings. The number of aliphatic hydroxyl groups excluding tert-OH is 1. The van der Waals surface area contributed by atoms with Crippen molar-refractivity contribution in [3.63, 3.8) is 0 Å². The molecule has 8 heteroatoms. The number of alkyl halides is 3. The number of ether oxygens (including phenoxy) is 2. The Kier molecular flexibility index (Phi) is 9.11. The van der Waals surface area contributed by atoms with Gasteiger partial charge in [0.05, 0.1) is 12.7 Å². The Morgan fingerprint density at radius 2 is 1.74 bits per heavy atom. The molecule has 1 aliphatic heterocycles. The van der Waals surface area contributed by atoms with Crippen LogP contribution >= 0.6 is 34.8 Å². The van der Waals surface area contributed by atoms with E-state index in [0.717, 1.165) is 0 Å². The molecule has 0 aromatic rings. The van der Waals surface area contributed by atoms with Crippen molar-refractivity contribution in [2.75, 3.05) is 6.61 Å². The van der Waals surface area contributed by atoms with Crippen molar-refractivity contribution in [3.8, 4) is 0 Å². The van der Waals surface area contributed by atoms with Gasteiger partial charge in [0.25, 0.3) is 3.79 Å². The number of halogens is 3. The summed E-state index contributed by atoms with van der Waals surface area (Å²) in [5.74, 6) is 0.0363. The summed E-state index contributed by atoms with van der Waals surface area (Å²) in [5, 5.41) is 16.8. The minimum absolute atomic E-state index is 0. The molecule has 3 unspecified atom stereocenters. The number of rotatable bonds is 2. The van der Waals surface area contributed by atoms with Crippen LogP contribution in [0.25, 0.3) is 0 Å². The predicted molar refractivity (Wildman–Crippen MR) is 72.3 cm³/mol. The molecule has 0 aromatic heterocycles. The fourth-order valence-corrected chi connectivity index (χ4v) is 2.15. The maximum absolute atomic E-state index is 9.26. The van der Waals surface area contributed by atoms with Gasteiger partial charge in [0, 0.05) is 50.0 Å². The van der Waals surface area contributed by atoms with Crippen LogP contribution < -0.4 is 0 Å². The third kappa shape index (κ3) is 5.44. The molecule has 1 heterocycles. The van der Waals surface area contributed by atoms with Gasteiger partial charge in [-0.1, -0.05) is 55.6 Å². The topological polar surface area (TPSA) is 62.5 Å². The molecular formula is C11H18AcCl3NO3. The van der Waals surface area contributed by atoms with Gasteiger partial charge in [0.1, 0.15) is 0 Å². The molecular weight excluding hydrogens is 527 g/mol. The molecule has 1 rings (SSSR count). The summed E-state index contributed by atoms with van der Waals surface area (Å²) in [6.07, 6.45) is -1.01. The van der Waals surface area contributed by atoms with E-state index < -0.39 is 16.0 Å². The van der Waals surface area contributed by atoms with Gasteiger partial charge in [-0.2, -0.15) is 0 Å². The number of aliphatic hydroxyl groups is 1. The van der Waals surface area contributed by atoms with E-state index in [9.17, 15) is 5.11 Å². The zero-order chi connectivity index (χ0) is 14.1. The number of nitrogens with one attached hydrogen (secondary N) is 1. The van der Waals surface area contributed by atoms with Crippen molar-refractivity contribution in [2.45, 2.75) is 37.0 Å². The van der Waals surface area contributed by atoms with E-state index in [4.69, 9.17) is 49.7 Å². The van der Waals surface area contributed by atoms with Gasteiger partial charge in [-0.05, 0) is 11.8 Å². The maximum atomic E-state index is 9.26. The SMILES string of the molecule is CC1C(C)[C@H](C)C(CO)O[C@@H]1OC(=N)C(Cl)(Cl)Cl.[Ac]. The molecule has 0 bridgehead atoms. The summed E-state index contributed by atoms with van der Waals surface area (Å²) in [6, 6.07) is 0. The van der Waals surface area contributed by atoms with Crippen LogP contribution in [0.3, 0.4) is 0 Å². The Hall–Kier alpha value is 1.70. The van der Waals surface area contributed by atoms with Gasteiger partial charge in [0.2, 0.25) is 12.2 Å². The van der Waals surface area contributed by atoms with Crippen LogP contribution in [0.2, 0.25) is 0 Å². The van der Waals surface area contributed by atoms with Gasteiger partial charge in [-0.25, -0.2) is 0 Å². The first-order valence-corrected chi connectivity index (χ1v) is 6.90. The zero-order valence-electron chi connectivity index (χ0n) is 11.1. The molecule has 19 heavy (non-hydrogen) atoms. The largest absolute Gasteiger partial charge is 0.448 e. The van der Waals surface area contributed by atoms with Crippen molar-refractivity contribution >= 4 is 40.7 Å². The Labute approximate surface area is 164 Å². The molecule has 4 nitrogen and oxygen atoms in total. The fraction of sp³-hybridized carbons (Fsp3) is 0.909. The van der Waals surface area contributed by atoms with Crippen molar-refractivity contribution in [1.82, 2.24) is 0 Å². The van der Waals surface area contributed by atoms with E-state index in [2.05, 4.69) is 6.92 Å². The average Bonchev–Trinajstić information content (AvgIpc) is 2.28. The Morgan fingerprint density at radius 3 is 2.16 bits per heavy atom. The summed E-state index contributed by atoms with van der Waals surface area (Å²) < 4.78 is 8.98. The molecule has 0 aromatic carbocycles. The van der Waals surface area contributed by atoms with Gasteiger partial charge in [-0.15, -0.1) is 0 Å². The first-order chi connectivity index (χ1) is 8.18. The summed E-state index contributed by atoms with van der Waals surface area (Å²) in [5.41, 5.74) is 0. The van der Waals surface area contributed by atoms with Gasteiger partial charge in [-0.3, -0.25) is 5.41 Å². The fourth-order valence-electron chi connectivity index (χ4n) is 2.01. The molecule has 0 spiro atoms. The quantitative estimate of drug-likeness (QED) is 0.319.